The predicted molar refractivity (Wildman–Crippen MR) is 24.8 cm³/mol. The molecule has 2 heteroatoms. The summed E-state index contributed by atoms with van der Waals surface area (Å²) in [5, 5.41) is 9.60. The summed E-state index contributed by atoms with van der Waals surface area (Å²) in [6.07, 6.45) is 0. The van der Waals surface area contributed by atoms with E-state index in [4.69, 9.17) is 0 Å². The Kier molecular flexibility index (Phi) is 1.99. The molecule has 0 aliphatic heterocycles. The van der Waals surface area contributed by atoms with Crippen LogP contribution in [0.5, 0.6) is 0 Å². The lowest BCUT2D eigenvalue weighted by atomic mass is 10.2. The quantitative estimate of drug-likeness (QED) is 0.348. The molecule has 0 aliphatic rings. The fourth-order valence-electron chi connectivity index (χ4n) is 0.125. The van der Waals surface area contributed by atoms with E-state index in [2.05, 4.69) is 25.5 Å². The Bertz CT molecular complexity index is 44.5. The fourth-order valence-corrected chi connectivity index (χ4v) is 0.125. The van der Waals surface area contributed by atoms with Gasteiger partial charge in [0.1, 0.15) is 13.8 Å². The molecule has 0 radical (unpaired) electrons. The van der Waals surface area contributed by atoms with Crippen LogP contribution in [0.25, 0.3) is 0 Å². The molecule has 0 atom stereocenters. The second-order valence-electron chi connectivity index (χ2n) is 1.45. The SMILES string of the molecule is [CH2+]C([CH2+])([CH2-])OC[O-]. The third-order valence-electron chi connectivity index (χ3n) is 0.365. The highest BCUT2D eigenvalue weighted by Crippen LogP contribution is 2.01. The van der Waals surface area contributed by atoms with Gasteiger partial charge < -0.3 is 9.84 Å². The van der Waals surface area contributed by atoms with Crippen molar-refractivity contribution in [2.24, 2.45) is 0 Å². The molecule has 0 aromatic rings. The van der Waals surface area contributed by atoms with Gasteiger partial charge in [-0.2, -0.15) is 0 Å². The molecule has 0 bridgehead atoms. The number of hydrogen-bond acceptors (Lipinski definition) is 2. The zero-order valence-electron chi connectivity index (χ0n) is 4.14. The average Bonchev–Trinajstić information content (AvgIpc) is 1.30. The predicted octanol–water partition coefficient (Wildman–Crippen LogP) is -0.438. The Balaban J connectivity index is 3.15. The van der Waals surface area contributed by atoms with Crippen LogP contribution in [0.4, 0.5) is 0 Å². The minimum absolute atomic E-state index is 0.628. The zero-order chi connectivity index (χ0) is 5.91. The van der Waals surface area contributed by atoms with Gasteiger partial charge >= 0.3 is 0 Å². The van der Waals surface area contributed by atoms with Gasteiger partial charge in [0.05, 0.1) is 0 Å². The number of rotatable bonds is 2. The maximum atomic E-state index is 9.60. The van der Waals surface area contributed by atoms with Gasteiger partial charge in [-0.25, -0.2) is 6.92 Å². The Morgan fingerprint density at radius 2 is 2.14 bits per heavy atom. The first-order chi connectivity index (χ1) is 3.06. The molecule has 0 spiro atoms. The van der Waals surface area contributed by atoms with Crippen molar-refractivity contribution in [2.75, 3.05) is 6.79 Å². The summed E-state index contributed by atoms with van der Waals surface area (Å²) in [4.78, 5) is 0. The van der Waals surface area contributed by atoms with Crippen LogP contribution < -0.4 is 5.11 Å². The summed E-state index contributed by atoms with van der Waals surface area (Å²) in [6.45, 7) is 9.32. The van der Waals surface area contributed by atoms with Crippen molar-refractivity contribution in [3.8, 4) is 0 Å². The van der Waals surface area contributed by atoms with Crippen molar-refractivity contribution in [3.05, 3.63) is 20.8 Å². The molecule has 0 unspecified atom stereocenters. The smallest absolute Gasteiger partial charge is 0.217 e. The summed E-state index contributed by atoms with van der Waals surface area (Å²) < 4.78 is 4.34. The monoisotopic (exact) mass is 100 g/mol. The standard InChI is InChI=1S/C5H8O2/c1-5(2,3)7-4-6/h1-4H2. The van der Waals surface area contributed by atoms with E-state index in [0.717, 1.165) is 0 Å². The summed E-state index contributed by atoms with van der Waals surface area (Å²) in [6, 6.07) is 0. The van der Waals surface area contributed by atoms with Crippen LogP contribution in [0, 0.1) is 20.8 Å². The third kappa shape index (κ3) is 5.66. The van der Waals surface area contributed by atoms with Gasteiger partial charge in [-0.1, -0.05) is 0 Å². The largest absolute Gasteiger partial charge is 0.833 e. The van der Waals surface area contributed by atoms with E-state index in [-0.39, 0.29) is 0 Å². The molecule has 7 heavy (non-hydrogen) atoms. The first-order valence-corrected chi connectivity index (χ1v) is 1.84. The Morgan fingerprint density at radius 1 is 1.71 bits per heavy atom. The van der Waals surface area contributed by atoms with E-state index < -0.39 is 12.4 Å². The van der Waals surface area contributed by atoms with Crippen molar-refractivity contribution in [1.29, 1.82) is 0 Å². The van der Waals surface area contributed by atoms with Crippen LogP contribution in [0.15, 0.2) is 0 Å². The van der Waals surface area contributed by atoms with Gasteiger partial charge in [0.2, 0.25) is 5.60 Å². The van der Waals surface area contributed by atoms with E-state index in [1.54, 1.807) is 0 Å². The maximum Gasteiger partial charge on any atom is 0.217 e. The second kappa shape index (κ2) is 2.09. The van der Waals surface area contributed by atoms with Crippen LogP contribution in [0.1, 0.15) is 0 Å². The normalized spacial score (nSPS) is 11.7. The minimum Gasteiger partial charge on any atom is -0.833 e. The zero-order valence-corrected chi connectivity index (χ0v) is 4.14. The van der Waals surface area contributed by atoms with E-state index >= 15 is 0 Å². The highest BCUT2D eigenvalue weighted by Gasteiger charge is 2.14. The van der Waals surface area contributed by atoms with Crippen molar-refractivity contribution < 1.29 is 9.84 Å². The van der Waals surface area contributed by atoms with Crippen LogP contribution in [-0.4, -0.2) is 12.4 Å². The summed E-state index contributed by atoms with van der Waals surface area (Å²) in [5.74, 6) is 0. The van der Waals surface area contributed by atoms with Gasteiger partial charge in [0.15, 0.2) is 0 Å². The number of ether oxygens (including phenoxy) is 1. The van der Waals surface area contributed by atoms with Crippen LogP contribution in [-0.2, 0) is 4.74 Å². The molecule has 0 amide bonds. The van der Waals surface area contributed by atoms with Gasteiger partial charge in [-0.15, -0.1) is 0 Å². The van der Waals surface area contributed by atoms with Crippen LogP contribution in [0.3, 0.4) is 0 Å². The first-order valence-electron chi connectivity index (χ1n) is 1.84. The molecule has 0 saturated carbocycles. The molecule has 0 fully saturated rings. The first kappa shape index (κ1) is 6.66. The van der Waals surface area contributed by atoms with E-state index in [9.17, 15) is 5.11 Å². The van der Waals surface area contributed by atoms with Gasteiger partial charge in [-0.3, -0.25) is 0 Å². The molecule has 0 N–H and O–H groups in total. The average molecular weight is 100 g/mol. The molecule has 40 valence electrons. The summed E-state index contributed by atoms with van der Waals surface area (Å²) in [5.41, 5.74) is -1.01. The lowest BCUT2D eigenvalue weighted by Gasteiger charge is -2.14. The van der Waals surface area contributed by atoms with Gasteiger partial charge in [0, 0.05) is 0 Å². The Labute approximate surface area is 44.1 Å². The molecule has 0 heterocycles. The lowest BCUT2D eigenvalue weighted by molar-refractivity contribution is -0.438. The lowest BCUT2D eigenvalue weighted by Crippen LogP contribution is -2.26. The molecular weight excluding hydrogens is 92.1 g/mol. The molecule has 2 nitrogen and oxygen atoms in total. The molecular formula is C5H8O2. The highest BCUT2D eigenvalue weighted by molar-refractivity contribution is 4.88. The van der Waals surface area contributed by atoms with Crippen molar-refractivity contribution in [3.63, 3.8) is 0 Å². The van der Waals surface area contributed by atoms with Gasteiger partial charge in [0.25, 0.3) is 0 Å². The Morgan fingerprint density at radius 3 is 2.14 bits per heavy atom. The third-order valence-corrected chi connectivity index (χ3v) is 0.365. The summed E-state index contributed by atoms with van der Waals surface area (Å²) >= 11 is 0. The van der Waals surface area contributed by atoms with Crippen molar-refractivity contribution in [1.82, 2.24) is 0 Å². The second-order valence-corrected chi connectivity index (χ2v) is 1.45. The van der Waals surface area contributed by atoms with E-state index in [1.807, 2.05) is 0 Å². The molecule has 0 rings (SSSR count). The van der Waals surface area contributed by atoms with Crippen molar-refractivity contribution >= 4 is 0 Å². The van der Waals surface area contributed by atoms with E-state index in [0.29, 0.717) is 0 Å². The highest BCUT2D eigenvalue weighted by atomic mass is 16.6. The Hall–Kier alpha value is -0.340. The van der Waals surface area contributed by atoms with Crippen LogP contribution in [0.2, 0.25) is 0 Å². The molecule has 0 saturated heterocycles. The number of hydrogen-bond donors (Lipinski definition) is 0. The maximum absolute atomic E-state index is 9.60. The minimum atomic E-state index is -1.01. The molecule has 0 aromatic carbocycles. The summed E-state index contributed by atoms with van der Waals surface area (Å²) in [7, 11) is 0. The van der Waals surface area contributed by atoms with E-state index in [1.165, 1.54) is 0 Å². The van der Waals surface area contributed by atoms with Crippen molar-refractivity contribution in [2.45, 2.75) is 5.60 Å². The molecule has 0 aliphatic carbocycles. The van der Waals surface area contributed by atoms with Crippen LogP contribution >= 0.6 is 0 Å². The van der Waals surface area contributed by atoms with Gasteiger partial charge in [-0.05, 0) is 6.79 Å². The molecule has 0 aromatic heterocycles. The fraction of sp³-hybridized carbons (Fsp3) is 0.400. The topological polar surface area (TPSA) is 32.3 Å².